The van der Waals surface area contributed by atoms with Crippen LogP contribution in [0.3, 0.4) is 0 Å². The maximum Gasteiger partial charge on any atom is 0.249 e. The molecule has 0 unspecified atom stereocenters. The summed E-state index contributed by atoms with van der Waals surface area (Å²) in [7, 11) is 0. The predicted octanol–water partition coefficient (Wildman–Crippen LogP) is 4.08. The van der Waals surface area contributed by atoms with Crippen molar-refractivity contribution in [2.24, 2.45) is 0 Å². The van der Waals surface area contributed by atoms with E-state index < -0.39 is 6.04 Å². The van der Waals surface area contributed by atoms with Crippen LogP contribution < -0.4 is 5.32 Å². The number of hydrogen-bond donors (Lipinski definition) is 1. The highest BCUT2D eigenvalue weighted by molar-refractivity contribution is 8.01. The quantitative estimate of drug-likeness (QED) is 0.824. The smallest absolute Gasteiger partial charge is 0.249 e. The summed E-state index contributed by atoms with van der Waals surface area (Å²) < 4.78 is 0. The molecule has 0 bridgehead atoms. The van der Waals surface area contributed by atoms with E-state index in [9.17, 15) is 9.59 Å². The van der Waals surface area contributed by atoms with Gasteiger partial charge in [-0.15, -0.1) is 23.1 Å². The number of hydrogen-bond acceptors (Lipinski definition) is 5. The number of carbonyl (C=O) groups excluding carboxylic acids is 2. The van der Waals surface area contributed by atoms with Gasteiger partial charge in [-0.1, -0.05) is 12.1 Å². The number of nitrogens with zero attached hydrogens (tertiary/aromatic N) is 2. The molecule has 5 nitrogen and oxygen atoms in total. The molecule has 3 aliphatic rings. The fourth-order valence-electron chi connectivity index (χ4n) is 4.56. The molecule has 1 aromatic heterocycles. The number of thioether (sulfide) groups is 1. The summed E-state index contributed by atoms with van der Waals surface area (Å²) >= 11 is 3.15. The molecule has 5 rings (SSSR count). The maximum atomic E-state index is 12.8. The number of anilines is 1. The van der Waals surface area contributed by atoms with Gasteiger partial charge in [-0.25, -0.2) is 4.98 Å². The number of aromatic nitrogens is 1. The highest BCUT2D eigenvalue weighted by Gasteiger charge is 2.52. The minimum atomic E-state index is -0.402. The van der Waals surface area contributed by atoms with Gasteiger partial charge in [-0.2, -0.15) is 0 Å². The molecule has 2 atom stereocenters. The molecule has 146 valence electrons. The van der Waals surface area contributed by atoms with Crippen LogP contribution in [0.15, 0.2) is 23.6 Å². The minimum absolute atomic E-state index is 0.0848. The first-order valence-electron chi connectivity index (χ1n) is 9.88. The first-order chi connectivity index (χ1) is 13.5. The lowest BCUT2D eigenvalue weighted by atomic mass is 9.90. The van der Waals surface area contributed by atoms with Gasteiger partial charge in [0.25, 0.3) is 0 Å². The van der Waals surface area contributed by atoms with Crippen LogP contribution in [0.2, 0.25) is 0 Å². The average molecular weight is 414 g/mol. The van der Waals surface area contributed by atoms with Crippen molar-refractivity contribution < 1.29 is 9.59 Å². The number of amides is 2. The Morgan fingerprint density at radius 1 is 1.25 bits per heavy atom. The Labute approximate surface area is 172 Å². The Morgan fingerprint density at radius 2 is 2.07 bits per heavy atom. The first kappa shape index (κ1) is 18.2. The Morgan fingerprint density at radius 3 is 2.93 bits per heavy atom. The lowest BCUT2D eigenvalue weighted by Crippen LogP contribution is -2.48. The van der Waals surface area contributed by atoms with E-state index in [1.165, 1.54) is 41.7 Å². The predicted molar refractivity (Wildman–Crippen MR) is 114 cm³/mol. The Bertz CT molecular complexity index is 957. The van der Waals surface area contributed by atoms with E-state index in [-0.39, 0.29) is 16.7 Å². The number of aryl methyl sites for hydroxylation is 2. The number of benzene rings is 1. The van der Waals surface area contributed by atoms with Gasteiger partial charge in [0, 0.05) is 23.1 Å². The van der Waals surface area contributed by atoms with Crippen molar-refractivity contribution >= 4 is 40.0 Å². The summed E-state index contributed by atoms with van der Waals surface area (Å²) in [5.74, 6) is 0.608. The highest BCUT2D eigenvalue weighted by Crippen LogP contribution is 2.47. The van der Waals surface area contributed by atoms with Crippen molar-refractivity contribution in [1.82, 2.24) is 9.88 Å². The zero-order valence-corrected chi connectivity index (χ0v) is 17.5. The average Bonchev–Trinajstić information content (AvgIpc) is 3.37. The third kappa shape index (κ3) is 3.05. The molecular formula is C21H23N3O2S2. The van der Waals surface area contributed by atoms with Crippen LogP contribution in [0.1, 0.15) is 43.7 Å². The second-order valence-electron chi connectivity index (χ2n) is 7.98. The van der Waals surface area contributed by atoms with Gasteiger partial charge in [-0.05, 0) is 56.2 Å². The Balaban J connectivity index is 1.32. The number of carbonyl (C=O) groups is 2. The van der Waals surface area contributed by atoms with Crippen LogP contribution in [0.5, 0.6) is 0 Å². The van der Waals surface area contributed by atoms with E-state index in [1.807, 2.05) is 5.38 Å². The summed E-state index contributed by atoms with van der Waals surface area (Å²) in [5.41, 5.74) is 4.89. The molecular weight excluding hydrogens is 390 g/mol. The molecule has 0 radical (unpaired) electrons. The summed E-state index contributed by atoms with van der Waals surface area (Å²) in [6, 6.07) is 6.20. The standard InChI is InChI=1S/C21H23N3O2S2/c1-21-9-8-18(25)24(21)17(12-28-21)19(26)23-20-22-16(11-27-20)15-7-6-13-4-2-3-5-14(13)10-15/h6-7,10-11,17H,2-5,8-9,12H2,1H3,(H,22,23,26)/t17-,21-/m0/s1. The van der Waals surface area contributed by atoms with Gasteiger partial charge >= 0.3 is 0 Å². The SMILES string of the molecule is C[C@]12CCC(=O)N1[C@H](C(=O)Nc1nc(-c3ccc4c(c3)CCCC4)cs1)CS2. The second kappa shape index (κ2) is 6.88. The summed E-state index contributed by atoms with van der Waals surface area (Å²) in [4.78, 5) is 31.3. The number of nitrogens with one attached hydrogen (secondary N) is 1. The van der Waals surface area contributed by atoms with Crippen LogP contribution in [-0.4, -0.2) is 38.4 Å². The van der Waals surface area contributed by atoms with Gasteiger partial charge < -0.3 is 10.2 Å². The molecule has 2 aromatic rings. The Kier molecular flexibility index (Phi) is 4.47. The van der Waals surface area contributed by atoms with Crippen molar-refractivity contribution in [3.8, 4) is 11.3 Å². The zero-order valence-electron chi connectivity index (χ0n) is 15.9. The van der Waals surface area contributed by atoms with Gasteiger partial charge in [0.1, 0.15) is 6.04 Å². The molecule has 28 heavy (non-hydrogen) atoms. The molecule has 2 aliphatic heterocycles. The van der Waals surface area contributed by atoms with Gasteiger partial charge in [0.05, 0.1) is 10.6 Å². The van der Waals surface area contributed by atoms with E-state index >= 15 is 0 Å². The molecule has 1 aromatic carbocycles. The van der Waals surface area contributed by atoms with Crippen LogP contribution in [0, 0.1) is 0 Å². The summed E-state index contributed by atoms with van der Waals surface area (Å²) in [6.07, 6.45) is 6.19. The van der Waals surface area contributed by atoms with Gasteiger partial charge in [-0.3, -0.25) is 9.59 Å². The number of fused-ring (bicyclic) bond motifs is 2. The molecule has 2 fully saturated rings. The third-order valence-electron chi connectivity index (χ3n) is 6.13. The molecule has 0 saturated carbocycles. The number of thiazole rings is 1. The molecule has 7 heteroatoms. The minimum Gasteiger partial charge on any atom is -0.315 e. The molecule has 2 saturated heterocycles. The van der Waals surface area contributed by atoms with Crippen LogP contribution >= 0.6 is 23.1 Å². The monoisotopic (exact) mass is 413 g/mol. The largest absolute Gasteiger partial charge is 0.315 e. The van der Waals surface area contributed by atoms with E-state index in [0.717, 1.165) is 24.1 Å². The van der Waals surface area contributed by atoms with Crippen LogP contribution in [-0.2, 0) is 22.4 Å². The second-order valence-corrected chi connectivity index (χ2v) is 10.3. The van der Waals surface area contributed by atoms with E-state index in [0.29, 0.717) is 17.3 Å². The van der Waals surface area contributed by atoms with Crippen molar-refractivity contribution in [1.29, 1.82) is 0 Å². The summed E-state index contributed by atoms with van der Waals surface area (Å²) in [6.45, 7) is 2.06. The fraction of sp³-hybridized carbons (Fsp3) is 0.476. The Hall–Kier alpha value is -1.86. The third-order valence-corrected chi connectivity index (χ3v) is 8.39. The summed E-state index contributed by atoms with van der Waals surface area (Å²) in [5, 5.41) is 5.54. The lowest BCUT2D eigenvalue weighted by Gasteiger charge is -2.29. The molecule has 3 heterocycles. The van der Waals surface area contributed by atoms with E-state index in [4.69, 9.17) is 0 Å². The normalized spacial score (nSPS) is 26.2. The van der Waals surface area contributed by atoms with Crippen molar-refractivity contribution in [2.75, 3.05) is 11.1 Å². The van der Waals surface area contributed by atoms with Crippen molar-refractivity contribution in [2.45, 2.75) is 56.4 Å². The van der Waals surface area contributed by atoms with Gasteiger partial charge in [0.2, 0.25) is 11.8 Å². The molecule has 1 N–H and O–H groups in total. The fourth-order valence-corrected chi connectivity index (χ4v) is 6.71. The van der Waals surface area contributed by atoms with Gasteiger partial charge in [0.15, 0.2) is 5.13 Å². The lowest BCUT2D eigenvalue weighted by molar-refractivity contribution is -0.135. The first-order valence-corrected chi connectivity index (χ1v) is 11.7. The topological polar surface area (TPSA) is 62.3 Å². The van der Waals surface area contributed by atoms with Crippen LogP contribution in [0.25, 0.3) is 11.3 Å². The molecule has 2 amide bonds. The van der Waals surface area contributed by atoms with E-state index in [2.05, 4.69) is 35.4 Å². The zero-order chi connectivity index (χ0) is 19.3. The van der Waals surface area contributed by atoms with Crippen molar-refractivity contribution in [3.63, 3.8) is 0 Å². The molecule has 0 spiro atoms. The van der Waals surface area contributed by atoms with Crippen molar-refractivity contribution in [3.05, 3.63) is 34.7 Å². The number of rotatable bonds is 3. The maximum absolute atomic E-state index is 12.8. The highest BCUT2D eigenvalue weighted by atomic mass is 32.2. The van der Waals surface area contributed by atoms with E-state index in [1.54, 1.807) is 16.7 Å². The van der Waals surface area contributed by atoms with Crippen LogP contribution in [0.4, 0.5) is 5.13 Å². The molecule has 1 aliphatic carbocycles.